The van der Waals surface area contributed by atoms with Crippen LogP contribution in [0.15, 0.2) is 48.0 Å². The summed E-state index contributed by atoms with van der Waals surface area (Å²) in [5.41, 5.74) is 0.934. The fraction of sp³-hybridized carbons (Fsp3) is 0.263. The van der Waals surface area contributed by atoms with E-state index in [4.69, 9.17) is 4.74 Å². The van der Waals surface area contributed by atoms with Crippen LogP contribution in [0.1, 0.15) is 32.3 Å². The molecule has 3 heteroatoms. The Morgan fingerprint density at radius 1 is 1.09 bits per heavy atom. The molecule has 0 aliphatic heterocycles. The Hall–Kier alpha value is -2.42. The third-order valence-electron chi connectivity index (χ3n) is 3.45. The maximum absolute atomic E-state index is 12.1. The molecule has 0 N–H and O–H groups in total. The first-order valence-corrected chi connectivity index (χ1v) is 7.51. The zero-order valence-corrected chi connectivity index (χ0v) is 13.0. The Kier molecular flexibility index (Phi) is 5.48. The van der Waals surface area contributed by atoms with Crippen molar-refractivity contribution in [2.45, 2.75) is 26.7 Å². The van der Waals surface area contributed by atoms with E-state index in [2.05, 4.69) is 0 Å². The van der Waals surface area contributed by atoms with Crippen molar-refractivity contribution in [3.05, 3.63) is 53.6 Å². The Bertz CT molecular complexity index is 708. The van der Waals surface area contributed by atoms with Gasteiger partial charge < -0.3 is 4.74 Å². The van der Waals surface area contributed by atoms with Crippen LogP contribution in [0.4, 0.5) is 0 Å². The number of ether oxygens (including phenoxy) is 1. The molecule has 0 aromatic heterocycles. The van der Waals surface area contributed by atoms with Gasteiger partial charge in [0.25, 0.3) is 0 Å². The molecule has 0 bridgehead atoms. The maximum Gasteiger partial charge on any atom is 0.341 e. The van der Waals surface area contributed by atoms with E-state index in [1.807, 2.05) is 49.4 Å². The predicted octanol–water partition coefficient (Wildman–Crippen LogP) is 4.16. The number of ketones is 1. The maximum atomic E-state index is 12.1. The van der Waals surface area contributed by atoms with E-state index in [-0.39, 0.29) is 11.4 Å². The molecule has 22 heavy (non-hydrogen) atoms. The van der Waals surface area contributed by atoms with Crippen LogP contribution >= 0.6 is 0 Å². The summed E-state index contributed by atoms with van der Waals surface area (Å²) in [6.07, 6.45) is 3.36. The van der Waals surface area contributed by atoms with Gasteiger partial charge in [0, 0.05) is 0 Å². The summed E-state index contributed by atoms with van der Waals surface area (Å²) in [6.45, 7) is 3.75. The van der Waals surface area contributed by atoms with Gasteiger partial charge in [-0.25, -0.2) is 4.79 Å². The third kappa shape index (κ3) is 3.82. The molecular weight excluding hydrogens is 276 g/mol. The van der Waals surface area contributed by atoms with E-state index in [0.29, 0.717) is 6.61 Å². The summed E-state index contributed by atoms with van der Waals surface area (Å²) in [4.78, 5) is 23.9. The summed E-state index contributed by atoms with van der Waals surface area (Å²) in [5.74, 6) is -0.830. The fourth-order valence-electron chi connectivity index (χ4n) is 2.22. The molecule has 0 radical (unpaired) electrons. The zero-order chi connectivity index (χ0) is 15.9. The first-order chi connectivity index (χ1) is 10.6. The second-order valence-electron chi connectivity index (χ2n) is 5.17. The molecule has 114 valence electrons. The van der Waals surface area contributed by atoms with E-state index >= 15 is 0 Å². The Balaban J connectivity index is 2.36. The second-order valence-corrected chi connectivity index (χ2v) is 5.17. The molecule has 2 aromatic rings. The van der Waals surface area contributed by atoms with Crippen LogP contribution in [0.5, 0.6) is 0 Å². The van der Waals surface area contributed by atoms with Crippen molar-refractivity contribution in [3.8, 4) is 0 Å². The number of hydrogen-bond acceptors (Lipinski definition) is 3. The first kappa shape index (κ1) is 16.0. The Morgan fingerprint density at radius 3 is 2.55 bits per heavy atom. The van der Waals surface area contributed by atoms with Crippen molar-refractivity contribution >= 4 is 28.6 Å². The highest BCUT2D eigenvalue weighted by molar-refractivity contribution is 6.20. The van der Waals surface area contributed by atoms with Crippen LogP contribution in [0, 0.1) is 0 Å². The lowest BCUT2D eigenvalue weighted by Gasteiger charge is -2.07. The molecule has 0 unspecified atom stereocenters. The molecule has 3 nitrogen and oxygen atoms in total. The molecule has 2 rings (SSSR count). The average molecular weight is 296 g/mol. The van der Waals surface area contributed by atoms with E-state index in [1.54, 1.807) is 6.08 Å². The van der Waals surface area contributed by atoms with Gasteiger partial charge in [0.15, 0.2) is 5.78 Å². The molecule has 2 aromatic carbocycles. The molecule has 0 fully saturated rings. The molecule has 0 saturated carbocycles. The average Bonchev–Trinajstić information content (AvgIpc) is 2.52. The van der Waals surface area contributed by atoms with Gasteiger partial charge in [-0.2, -0.15) is 0 Å². The van der Waals surface area contributed by atoms with Crippen molar-refractivity contribution in [3.63, 3.8) is 0 Å². The summed E-state index contributed by atoms with van der Waals surface area (Å²) < 4.78 is 5.16. The van der Waals surface area contributed by atoms with Gasteiger partial charge in [-0.3, -0.25) is 4.79 Å². The van der Waals surface area contributed by atoms with Gasteiger partial charge in [0.1, 0.15) is 5.57 Å². The molecule has 0 saturated heterocycles. The van der Waals surface area contributed by atoms with Crippen LogP contribution in [0.25, 0.3) is 16.8 Å². The standard InChI is InChI=1S/C19H20O3/c1-3-4-12-22-19(21)18(14(2)20)13-16-10-7-9-15-8-5-6-11-17(15)16/h5-11,13H,3-4,12H2,1-2H3. The lowest BCUT2D eigenvalue weighted by molar-refractivity contribution is -0.140. The highest BCUT2D eigenvalue weighted by atomic mass is 16.5. The molecular formula is C19H20O3. The molecule has 0 heterocycles. The molecule has 0 atom stereocenters. The number of carbonyl (C=O) groups excluding carboxylic acids is 2. The normalized spacial score (nSPS) is 11.5. The van der Waals surface area contributed by atoms with Crippen LogP contribution in [-0.2, 0) is 14.3 Å². The molecule has 0 aliphatic carbocycles. The van der Waals surface area contributed by atoms with Crippen molar-refractivity contribution < 1.29 is 14.3 Å². The Morgan fingerprint density at radius 2 is 1.82 bits per heavy atom. The fourth-order valence-corrected chi connectivity index (χ4v) is 2.22. The lowest BCUT2D eigenvalue weighted by Crippen LogP contribution is -2.14. The summed E-state index contributed by atoms with van der Waals surface area (Å²) in [7, 11) is 0. The van der Waals surface area contributed by atoms with Crippen molar-refractivity contribution in [1.29, 1.82) is 0 Å². The lowest BCUT2D eigenvalue weighted by atomic mass is 10.0. The topological polar surface area (TPSA) is 43.4 Å². The smallest absolute Gasteiger partial charge is 0.341 e. The second kappa shape index (κ2) is 7.55. The SMILES string of the molecule is CCCCOC(=O)C(=Cc1cccc2ccccc12)C(C)=O. The number of esters is 1. The van der Waals surface area contributed by atoms with Crippen LogP contribution in [-0.4, -0.2) is 18.4 Å². The predicted molar refractivity (Wildman–Crippen MR) is 88.5 cm³/mol. The number of carbonyl (C=O) groups is 2. The van der Waals surface area contributed by atoms with E-state index in [0.717, 1.165) is 29.2 Å². The van der Waals surface area contributed by atoms with Crippen molar-refractivity contribution in [1.82, 2.24) is 0 Å². The number of rotatable bonds is 6. The minimum atomic E-state index is -0.547. The van der Waals surface area contributed by atoms with Gasteiger partial charge in [-0.1, -0.05) is 55.8 Å². The summed E-state index contributed by atoms with van der Waals surface area (Å²) in [5, 5.41) is 2.07. The van der Waals surface area contributed by atoms with E-state index in [1.165, 1.54) is 6.92 Å². The summed E-state index contributed by atoms with van der Waals surface area (Å²) in [6, 6.07) is 13.7. The first-order valence-electron chi connectivity index (χ1n) is 7.51. The highest BCUT2D eigenvalue weighted by Gasteiger charge is 2.16. The number of unbranched alkanes of at least 4 members (excludes halogenated alkanes) is 1. The van der Waals surface area contributed by atoms with Gasteiger partial charge in [0.2, 0.25) is 0 Å². The number of fused-ring (bicyclic) bond motifs is 1. The van der Waals surface area contributed by atoms with Crippen molar-refractivity contribution in [2.75, 3.05) is 6.61 Å². The molecule has 0 aliphatic rings. The van der Waals surface area contributed by atoms with Crippen molar-refractivity contribution in [2.24, 2.45) is 0 Å². The van der Waals surface area contributed by atoms with E-state index in [9.17, 15) is 9.59 Å². The van der Waals surface area contributed by atoms with E-state index < -0.39 is 5.97 Å². The van der Waals surface area contributed by atoms with Gasteiger partial charge in [-0.05, 0) is 35.8 Å². The van der Waals surface area contributed by atoms with Crippen LogP contribution in [0.2, 0.25) is 0 Å². The van der Waals surface area contributed by atoms with Crippen LogP contribution in [0.3, 0.4) is 0 Å². The minimum Gasteiger partial charge on any atom is -0.462 e. The highest BCUT2D eigenvalue weighted by Crippen LogP contribution is 2.21. The van der Waals surface area contributed by atoms with Gasteiger partial charge in [-0.15, -0.1) is 0 Å². The number of Topliss-reactive ketones (excluding diaryl/α,β-unsaturated/α-hetero) is 1. The monoisotopic (exact) mass is 296 g/mol. The zero-order valence-electron chi connectivity index (χ0n) is 13.0. The number of benzene rings is 2. The quantitative estimate of drug-likeness (QED) is 0.264. The van der Waals surface area contributed by atoms with Gasteiger partial charge in [0.05, 0.1) is 6.61 Å². The number of hydrogen-bond donors (Lipinski definition) is 0. The molecule has 0 spiro atoms. The van der Waals surface area contributed by atoms with Crippen LogP contribution < -0.4 is 0 Å². The minimum absolute atomic E-state index is 0.0902. The molecule has 0 amide bonds. The Labute approximate surface area is 130 Å². The summed E-state index contributed by atoms with van der Waals surface area (Å²) >= 11 is 0. The third-order valence-corrected chi connectivity index (χ3v) is 3.45. The largest absolute Gasteiger partial charge is 0.462 e. The van der Waals surface area contributed by atoms with Gasteiger partial charge >= 0.3 is 5.97 Å².